The molecule has 0 saturated heterocycles. The molecule has 3 aliphatic rings. The van der Waals surface area contributed by atoms with Gasteiger partial charge >= 0.3 is 148 Å². The number of carbonyl (C=O) groups excluding carboxylic acids is 1. The van der Waals surface area contributed by atoms with Gasteiger partial charge < -0.3 is 43.9 Å². The van der Waals surface area contributed by atoms with E-state index >= 15 is 0 Å². The van der Waals surface area contributed by atoms with Crippen LogP contribution in [0.4, 0.5) is 17.1 Å². The number of anilines is 2. The smallest absolute Gasteiger partial charge is 0.748 e. The molecule has 0 N–H and O–H groups in total. The average molecular weight is 1270 g/mol. The molecule has 1 aliphatic carbocycles. The number of unbranched alkanes of at least 4 members (excludes halogenated alkanes) is 2. The summed E-state index contributed by atoms with van der Waals surface area (Å²) >= 11 is 9.04. The summed E-state index contributed by atoms with van der Waals surface area (Å²) in [7, 11) is -15.0. The van der Waals surface area contributed by atoms with Crippen molar-refractivity contribution in [3.05, 3.63) is 99.8 Å². The number of hydrogen-bond acceptors (Lipinski definition) is 21. The van der Waals surface area contributed by atoms with Crippen LogP contribution in [0.3, 0.4) is 0 Å². The van der Waals surface area contributed by atoms with Crippen LogP contribution < -0.4 is 173 Å². The minimum Gasteiger partial charge on any atom is -0.748 e. The first kappa shape index (κ1) is 79.1. The summed E-state index contributed by atoms with van der Waals surface area (Å²) in [6.07, 6.45) is 12.2. The second-order valence-corrected chi connectivity index (χ2v) is 25.4. The minimum absolute atomic E-state index is 0. The quantitative estimate of drug-likeness (QED) is 0.0124. The van der Waals surface area contributed by atoms with Gasteiger partial charge in [0.15, 0.2) is 5.71 Å². The van der Waals surface area contributed by atoms with E-state index in [1.807, 2.05) is 73.6 Å². The molecule has 412 valence electrons. The number of carbonyl (C=O) groups is 1. The van der Waals surface area contributed by atoms with E-state index in [1.54, 1.807) is 6.07 Å². The van der Waals surface area contributed by atoms with Crippen molar-refractivity contribution in [3.63, 3.8) is 0 Å². The Hall–Kier alpha value is 1.10. The number of allylic oxidation sites excluding steroid dienone is 8. The van der Waals surface area contributed by atoms with Crippen molar-refractivity contribution in [2.45, 2.75) is 113 Å². The van der Waals surface area contributed by atoms with E-state index in [0.717, 1.165) is 63.9 Å². The van der Waals surface area contributed by atoms with E-state index in [9.17, 15) is 59.3 Å². The van der Waals surface area contributed by atoms with Crippen molar-refractivity contribution >= 4 is 106 Å². The number of benzene rings is 3. The van der Waals surface area contributed by atoms with Crippen LogP contribution in [-0.2, 0) is 64.7 Å². The van der Waals surface area contributed by atoms with Gasteiger partial charge in [0.25, 0.3) is 0 Å². The molecular weight excluding hydrogens is 1210 g/mol. The van der Waals surface area contributed by atoms with Gasteiger partial charge in [0, 0.05) is 124 Å². The molecule has 0 unspecified atom stereocenters. The van der Waals surface area contributed by atoms with Crippen molar-refractivity contribution in [2.24, 2.45) is 0 Å². The van der Waals surface area contributed by atoms with Crippen molar-refractivity contribution in [1.29, 1.82) is 0 Å². The van der Waals surface area contributed by atoms with Gasteiger partial charge in [-0.1, -0.05) is 37.6 Å². The van der Waals surface area contributed by atoms with Crippen LogP contribution in [0.1, 0.15) is 103 Å². The zero-order valence-electron chi connectivity index (χ0n) is 46.6. The largest absolute Gasteiger partial charge is 1.00 e. The molecule has 2 aliphatic heterocycles. The molecule has 3 aromatic carbocycles. The first-order valence-electron chi connectivity index (χ1n) is 23.9. The molecular formula is C49H57ClN3Na5O17S5. The van der Waals surface area contributed by atoms with Gasteiger partial charge in [0.05, 0.1) is 25.3 Å². The summed E-state index contributed by atoms with van der Waals surface area (Å²) in [6, 6.07) is 10.7. The number of fused-ring (bicyclic) bond motifs is 4. The molecule has 0 saturated carbocycles. The van der Waals surface area contributed by atoms with E-state index in [1.165, 1.54) is 6.07 Å². The SMILES string of the molecule is CC1(C)C(/C=C/C2=C(Cl)C(=C/C=C3/N(CCCS(=O)(=O)[O-])c4ccc(N(CCCSOO[O-])CCCSOO[O-])cc4C3(C)C)/CCC2)=[N+](CCCCCC(=O)[O-])c2ccc3c(S(=O)(=O)[O-])cc(S(=O)(=O)[O-])cc3c21.[Na+].[Na+].[Na+].[Na+].[Na+]. The fourth-order valence-electron chi connectivity index (χ4n) is 10.1. The zero-order valence-corrected chi connectivity index (χ0v) is 61.4. The number of carboxylic acid groups (broad SMARTS) is 1. The van der Waals surface area contributed by atoms with Gasteiger partial charge in [-0.2, -0.15) is 13.2 Å². The Balaban J connectivity index is 0.00000640. The van der Waals surface area contributed by atoms with Crippen molar-refractivity contribution < 1.29 is 230 Å². The van der Waals surface area contributed by atoms with Gasteiger partial charge in [-0.15, -0.1) is 0 Å². The molecule has 2 heterocycles. The van der Waals surface area contributed by atoms with Crippen LogP contribution in [0.25, 0.3) is 10.8 Å². The van der Waals surface area contributed by atoms with Gasteiger partial charge in [0.2, 0.25) is 5.69 Å². The summed E-state index contributed by atoms with van der Waals surface area (Å²) < 4.78 is 121. The maximum Gasteiger partial charge on any atom is 1.00 e. The maximum absolute atomic E-state index is 12.5. The molecule has 0 amide bonds. The van der Waals surface area contributed by atoms with Crippen LogP contribution in [0, 0.1) is 0 Å². The van der Waals surface area contributed by atoms with Crippen LogP contribution in [0.15, 0.2) is 98.4 Å². The molecule has 80 heavy (non-hydrogen) atoms. The second kappa shape index (κ2) is 35.3. The van der Waals surface area contributed by atoms with E-state index in [2.05, 4.69) is 29.7 Å². The standard InChI is InChI=1S/C49H62ClN3O17S5.5Na/c1-48(2)39-30-35(51(23-9-27-71-69-67-56)24-10-28-72-70-68-57)17-19-40(39)52(26-11-29-73(58,59)60)43(48)21-15-33-12-8-13-34(47(33)50)16-22-44-49(3,4)46-38-31-36(74(61,62)63)32-42(75(64,65)66)37(38)18-20-41(46)53(44)25-7-5-6-14-45(54)55;;;;;/h15-22,30-32H,5-14,23-29H2,1-4H3,(H5-,54,55,56,57,58,59,60,61,62,63,64,65,66);;;;;/q;5*+1/p-5. The van der Waals surface area contributed by atoms with Crippen LogP contribution in [0.5, 0.6) is 0 Å². The maximum atomic E-state index is 12.5. The molecule has 0 radical (unpaired) electrons. The van der Waals surface area contributed by atoms with Gasteiger partial charge in [-0.05, 0) is 136 Å². The van der Waals surface area contributed by atoms with Crippen LogP contribution in [-0.4, -0.2) is 98.6 Å². The summed E-state index contributed by atoms with van der Waals surface area (Å²) in [5, 5.41) is 39.3. The Morgan fingerprint density at radius 2 is 1.40 bits per heavy atom. The van der Waals surface area contributed by atoms with Crippen LogP contribution in [0.2, 0.25) is 0 Å². The number of carboxylic acids is 1. The molecule has 0 aromatic heterocycles. The third-order valence-electron chi connectivity index (χ3n) is 13.5. The Morgan fingerprint density at radius 3 is 1.98 bits per heavy atom. The molecule has 6 rings (SSSR count). The molecule has 0 fully saturated rings. The third kappa shape index (κ3) is 20.9. The fourth-order valence-corrected chi connectivity index (χ4v) is 12.9. The average Bonchev–Trinajstić information content (AvgIpc) is 3.68. The Morgan fingerprint density at radius 1 is 0.762 bits per heavy atom. The van der Waals surface area contributed by atoms with E-state index in [-0.39, 0.29) is 178 Å². The van der Waals surface area contributed by atoms with Crippen molar-refractivity contribution in [2.75, 3.05) is 53.2 Å². The van der Waals surface area contributed by atoms with Crippen LogP contribution >= 0.6 is 35.7 Å². The second-order valence-electron chi connectivity index (χ2n) is 19.2. The predicted molar refractivity (Wildman–Crippen MR) is 275 cm³/mol. The minimum atomic E-state index is -5.25. The molecule has 0 atom stereocenters. The Bertz CT molecular complexity index is 3130. The van der Waals surface area contributed by atoms with Gasteiger partial charge in [-0.3, -0.25) is 10.1 Å². The normalized spacial score (nSPS) is 16.7. The summed E-state index contributed by atoms with van der Waals surface area (Å²) in [5.41, 5.74) is 5.17. The van der Waals surface area contributed by atoms with Crippen molar-refractivity contribution in [1.82, 2.24) is 0 Å². The number of rotatable bonds is 28. The first-order valence-corrected chi connectivity index (χ1v) is 30.5. The topological polar surface area (TPSA) is 304 Å². The molecule has 0 bridgehead atoms. The Labute approximate surface area is 593 Å². The number of aliphatic carboxylic acids is 1. The molecule has 0 spiro atoms. The van der Waals surface area contributed by atoms with Gasteiger partial charge in [0.1, 0.15) is 26.8 Å². The van der Waals surface area contributed by atoms with Crippen molar-refractivity contribution in [3.8, 4) is 0 Å². The first-order chi connectivity index (χ1) is 35.3. The summed E-state index contributed by atoms with van der Waals surface area (Å²) in [6.45, 7) is 9.51. The molecule has 3 aromatic rings. The van der Waals surface area contributed by atoms with E-state index in [0.29, 0.717) is 111 Å². The fraction of sp³-hybridized carbons (Fsp3) is 0.469. The zero-order chi connectivity index (χ0) is 54.9. The molecule has 20 nitrogen and oxygen atoms in total. The molecule has 31 heteroatoms. The monoisotopic (exact) mass is 1270 g/mol. The third-order valence-corrected chi connectivity index (χ3v) is 17.7. The number of nitrogens with zero attached hydrogens (tertiary/aromatic N) is 3. The van der Waals surface area contributed by atoms with Gasteiger partial charge in [-0.25, -0.2) is 25.3 Å². The Kier molecular flexibility index (Phi) is 34.9. The van der Waals surface area contributed by atoms with E-state index in [4.69, 9.17) is 11.6 Å². The predicted octanol–water partition coefficient (Wildman–Crippen LogP) is -9.54. The number of hydrogen-bond donors (Lipinski definition) is 0. The summed E-state index contributed by atoms with van der Waals surface area (Å²) in [5.74, 6) is -0.815. The van der Waals surface area contributed by atoms with E-state index < -0.39 is 62.7 Å². The summed E-state index contributed by atoms with van der Waals surface area (Å²) in [4.78, 5) is 13.6. The number of halogens is 1.